The normalized spacial score (nSPS) is 25.7. The largest absolute Gasteiger partial charge is 0.455 e. The van der Waals surface area contributed by atoms with Crippen molar-refractivity contribution >= 4 is 17.6 Å². The minimum Gasteiger partial charge on any atom is -0.455 e. The Hall–Kier alpha value is -2.72. The maximum Gasteiger partial charge on any atom is 0.311 e. The van der Waals surface area contributed by atoms with E-state index in [4.69, 9.17) is 18.9 Å². The van der Waals surface area contributed by atoms with Crippen LogP contribution >= 0.6 is 0 Å². The molecule has 0 spiro atoms. The van der Waals surface area contributed by atoms with Crippen LogP contribution in [0.5, 0.6) is 5.75 Å². The van der Waals surface area contributed by atoms with E-state index in [1.165, 1.54) is 24.3 Å². The molecule has 1 aromatic carbocycles. The highest BCUT2D eigenvalue weighted by Crippen LogP contribution is 2.30. The van der Waals surface area contributed by atoms with Crippen LogP contribution in [0.1, 0.15) is 13.8 Å². The first-order valence-electron chi connectivity index (χ1n) is 7.33. The first-order chi connectivity index (χ1) is 11.8. The molecule has 1 aliphatic rings. The third kappa shape index (κ3) is 4.64. The highest BCUT2D eigenvalue weighted by molar-refractivity contribution is 5.67. The summed E-state index contributed by atoms with van der Waals surface area (Å²) in [5.41, 5.74) is -0.317. The smallest absolute Gasteiger partial charge is 0.311 e. The van der Waals surface area contributed by atoms with E-state index in [1.807, 2.05) is 0 Å². The number of benzene rings is 1. The minimum absolute atomic E-state index is 0.118. The number of nitro benzene ring substituents is 1. The molecule has 1 heterocycles. The second kappa shape index (κ2) is 7.90. The highest BCUT2D eigenvalue weighted by atomic mass is 16.7. The lowest BCUT2D eigenvalue weighted by Gasteiger charge is -2.38. The number of carbonyl (C=O) groups excluding carboxylic acids is 2. The molecular weight excluding hydrogens is 338 g/mol. The van der Waals surface area contributed by atoms with E-state index in [2.05, 4.69) is 0 Å². The zero-order valence-electron chi connectivity index (χ0n) is 13.5. The van der Waals surface area contributed by atoms with Crippen molar-refractivity contribution in [3.8, 4) is 5.75 Å². The maximum absolute atomic E-state index is 11.4. The Morgan fingerprint density at radius 1 is 1.20 bits per heavy atom. The lowest BCUT2D eigenvalue weighted by molar-refractivity contribution is -0.386. The Bertz CT molecular complexity index is 662. The van der Waals surface area contributed by atoms with Crippen LogP contribution in [0.25, 0.3) is 0 Å². The number of aliphatic hydroxyl groups is 1. The van der Waals surface area contributed by atoms with Gasteiger partial charge < -0.3 is 24.1 Å². The lowest BCUT2D eigenvalue weighted by Crippen LogP contribution is -2.58. The molecule has 10 heteroatoms. The van der Waals surface area contributed by atoms with Gasteiger partial charge in [-0.2, -0.15) is 0 Å². The van der Waals surface area contributed by atoms with Gasteiger partial charge in [0.25, 0.3) is 0 Å². The fourth-order valence-corrected chi connectivity index (χ4v) is 2.34. The molecule has 0 amide bonds. The fraction of sp³-hybridized carbons (Fsp3) is 0.467. The number of nitrogens with zero attached hydrogens (tertiary/aromatic N) is 1. The van der Waals surface area contributed by atoms with Gasteiger partial charge in [0, 0.05) is 19.9 Å². The Morgan fingerprint density at radius 2 is 1.80 bits per heavy atom. The average Bonchev–Trinajstić information content (AvgIpc) is 2.53. The summed E-state index contributed by atoms with van der Waals surface area (Å²) in [6.45, 7) is 1.97. The van der Waals surface area contributed by atoms with Crippen molar-refractivity contribution in [2.45, 2.75) is 38.4 Å². The number of esters is 2. The molecule has 25 heavy (non-hydrogen) atoms. The fourth-order valence-electron chi connectivity index (χ4n) is 2.34. The summed E-state index contributed by atoms with van der Waals surface area (Å²) in [5.74, 6) is -1.55. The summed E-state index contributed by atoms with van der Waals surface area (Å²) in [5, 5.41) is 21.0. The predicted octanol–water partition coefficient (Wildman–Crippen LogP) is 0.554. The molecule has 2 rings (SSSR count). The zero-order chi connectivity index (χ0) is 18.6. The average molecular weight is 355 g/mol. The molecule has 0 aliphatic carbocycles. The maximum atomic E-state index is 11.4. The van der Waals surface area contributed by atoms with E-state index in [9.17, 15) is 24.8 Å². The molecule has 4 atom stereocenters. The van der Waals surface area contributed by atoms with Gasteiger partial charge >= 0.3 is 17.6 Å². The van der Waals surface area contributed by atoms with Crippen molar-refractivity contribution in [3.63, 3.8) is 0 Å². The molecule has 0 unspecified atom stereocenters. The number of ether oxygens (including phenoxy) is 4. The van der Waals surface area contributed by atoms with Crippen LogP contribution in [0, 0.1) is 10.1 Å². The minimum atomic E-state index is -1.31. The summed E-state index contributed by atoms with van der Waals surface area (Å²) >= 11 is 0. The van der Waals surface area contributed by atoms with Gasteiger partial charge in [0.2, 0.25) is 12.4 Å². The van der Waals surface area contributed by atoms with Crippen LogP contribution in [-0.2, 0) is 23.8 Å². The Morgan fingerprint density at radius 3 is 2.40 bits per heavy atom. The van der Waals surface area contributed by atoms with Crippen molar-refractivity contribution in [1.82, 2.24) is 0 Å². The number of nitro groups is 1. The molecule has 1 aromatic rings. The van der Waals surface area contributed by atoms with Gasteiger partial charge in [-0.25, -0.2) is 0 Å². The molecular formula is C15H17NO9. The van der Waals surface area contributed by atoms with E-state index >= 15 is 0 Å². The molecule has 1 aliphatic heterocycles. The molecule has 0 radical (unpaired) electrons. The van der Waals surface area contributed by atoms with Crippen LogP contribution in [0.2, 0.25) is 0 Å². The van der Waals surface area contributed by atoms with Crippen LogP contribution in [0.15, 0.2) is 24.3 Å². The third-order valence-electron chi connectivity index (χ3n) is 3.31. The standard InChI is InChI=1S/C15H17NO9/c1-8(17)23-13-11(19)7-22-15(14(13)24-9(2)18)25-12-6-4-3-5-10(12)16(20)21/h3-6,11,13-15,19H,7H2,1-2H3/t11-,13+,14-,15+/m1/s1. The van der Waals surface area contributed by atoms with E-state index in [0.29, 0.717) is 0 Å². The molecule has 1 N–H and O–H groups in total. The third-order valence-corrected chi connectivity index (χ3v) is 3.31. The summed E-state index contributed by atoms with van der Waals surface area (Å²) in [4.78, 5) is 33.0. The number of rotatable bonds is 5. The van der Waals surface area contributed by atoms with Crippen LogP contribution in [0.3, 0.4) is 0 Å². The number of carbonyl (C=O) groups is 2. The monoisotopic (exact) mass is 355 g/mol. The van der Waals surface area contributed by atoms with E-state index in [1.54, 1.807) is 0 Å². The SMILES string of the molecule is CC(=O)O[C@@H]1[C@@H](OC(C)=O)[C@H](Oc2ccccc2[N+](=O)[O-])OC[C@H]1O. The second-order valence-corrected chi connectivity index (χ2v) is 5.26. The van der Waals surface area contributed by atoms with Gasteiger partial charge in [-0.05, 0) is 6.07 Å². The molecule has 136 valence electrons. The zero-order valence-corrected chi connectivity index (χ0v) is 13.5. The van der Waals surface area contributed by atoms with Crippen molar-refractivity contribution in [3.05, 3.63) is 34.4 Å². The first-order valence-corrected chi connectivity index (χ1v) is 7.33. The van der Waals surface area contributed by atoms with Crippen molar-refractivity contribution < 1.29 is 38.6 Å². The summed E-state index contributed by atoms with van der Waals surface area (Å²) in [6, 6.07) is 5.56. The Balaban J connectivity index is 2.29. The summed E-state index contributed by atoms with van der Waals surface area (Å²) in [7, 11) is 0. The van der Waals surface area contributed by atoms with Gasteiger partial charge in [-0.15, -0.1) is 0 Å². The molecule has 10 nitrogen and oxygen atoms in total. The second-order valence-electron chi connectivity index (χ2n) is 5.26. The van der Waals surface area contributed by atoms with Crippen molar-refractivity contribution in [2.75, 3.05) is 6.61 Å². The molecule has 0 saturated carbocycles. The van der Waals surface area contributed by atoms with Crippen molar-refractivity contribution in [1.29, 1.82) is 0 Å². The van der Waals surface area contributed by atoms with Gasteiger partial charge in [0.05, 0.1) is 11.5 Å². The van der Waals surface area contributed by atoms with Gasteiger partial charge in [-0.3, -0.25) is 19.7 Å². The highest BCUT2D eigenvalue weighted by Gasteiger charge is 2.46. The first kappa shape index (κ1) is 18.6. The van der Waals surface area contributed by atoms with Gasteiger partial charge in [0.1, 0.15) is 6.10 Å². The summed E-state index contributed by atoms with van der Waals surface area (Å²) < 4.78 is 20.8. The van der Waals surface area contributed by atoms with E-state index in [-0.39, 0.29) is 18.0 Å². The van der Waals surface area contributed by atoms with Crippen LogP contribution in [-0.4, -0.2) is 53.2 Å². The van der Waals surface area contributed by atoms with Gasteiger partial charge in [0.15, 0.2) is 11.9 Å². The number of hydrogen-bond donors (Lipinski definition) is 1. The topological polar surface area (TPSA) is 134 Å². The van der Waals surface area contributed by atoms with E-state index in [0.717, 1.165) is 13.8 Å². The lowest BCUT2D eigenvalue weighted by atomic mass is 10.0. The number of hydrogen-bond acceptors (Lipinski definition) is 9. The Kier molecular flexibility index (Phi) is 5.88. The molecule has 1 saturated heterocycles. The van der Waals surface area contributed by atoms with Gasteiger partial charge in [-0.1, -0.05) is 12.1 Å². The van der Waals surface area contributed by atoms with Crippen LogP contribution < -0.4 is 4.74 Å². The number of aliphatic hydroxyl groups excluding tert-OH is 1. The Labute approximate surface area is 142 Å². The van der Waals surface area contributed by atoms with E-state index < -0.39 is 41.5 Å². The number of para-hydroxylation sites is 2. The molecule has 1 fully saturated rings. The summed E-state index contributed by atoms with van der Waals surface area (Å²) in [6.07, 6.45) is -5.09. The predicted molar refractivity (Wildman–Crippen MR) is 80.6 cm³/mol. The molecule has 0 aromatic heterocycles. The quantitative estimate of drug-likeness (QED) is 0.456. The van der Waals surface area contributed by atoms with Crippen molar-refractivity contribution in [2.24, 2.45) is 0 Å². The van der Waals surface area contributed by atoms with Crippen LogP contribution in [0.4, 0.5) is 5.69 Å². The molecule has 0 bridgehead atoms.